The first kappa shape index (κ1) is 19.9. The number of rotatable bonds is 6. The zero-order valence-corrected chi connectivity index (χ0v) is 16.6. The van der Waals surface area contributed by atoms with Crippen LogP contribution in [0, 0.1) is 0 Å². The van der Waals surface area contributed by atoms with Crippen molar-refractivity contribution in [3.05, 3.63) is 54.0 Å². The highest BCUT2D eigenvalue weighted by Gasteiger charge is 2.29. The average Bonchev–Trinajstić information content (AvgIpc) is 3.27. The minimum atomic E-state index is -0.275. The van der Waals surface area contributed by atoms with E-state index < -0.39 is 0 Å². The number of benzene rings is 1. The minimum absolute atomic E-state index is 0.0321. The summed E-state index contributed by atoms with van der Waals surface area (Å²) in [7, 11) is 1.63. The fourth-order valence-electron chi connectivity index (χ4n) is 3.48. The lowest BCUT2D eigenvalue weighted by Gasteiger charge is -2.37. The van der Waals surface area contributed by atoms with Crippen LogP contribution in [-0.2, 0) is 4.79 Å². The van der Waals surface area contributed by atoms with Crippen LogP contribution in [0.15, 0.2) is 47.3 Å². The van der Waals surface area contributed by atoms with Gasteiger partial charge in [-0.1, -0.05) is 18.2 Å². The predicted molar refractivity (Wildman–Crippen MR) is 105 cm³/mol. The molecule has 150 valence electrons. The van der Waals surface area contributed by atoms with Gasteiger partial charge in [0.25, 0.3) is 5.91 Å². The Morgan fingerprint density at radius 2 is 1.82 bits per heavy atom. The zero-order valence-electron chi connectivity index (χ0n) is 16.6. The molecule has 2 unspecified atom stereocenters. The number of hydrogen-bond donors (Lipinski definition) is 1. The summed E-state index contributed by atoms with van der Waals surface area (Å²) in [4.78, 5) is 29.0. The van der Waals surface area contributed by atoms with Crippen molar-refractivity contribution in [3.8, 4) is 5.75 Å². The lowest BCUT2D eigenvalue weighted by atomic mass is 10.1. The summed E-state index contributed by atoms with van der Waals surface area (Å²) in [5.41, 5.74) is 1.51. The standard InChI is InChI=1S/C21H27N3O4/c1-15(18-6-4-5-7-19(18)27-3)22-20(25)16(2)23-9-11-24(12-10-23)21(26)17-8-13-28-14-17/h4-8,13-16H,9-12H2,1-3H3,(H,22,25). The zero-order chi connectivity index (χ0) is 20.1. The number of methoxy groups -OCH3 is 1. The quantitative estimate of drug-likeness (QED) is 0.826. The lowest BCUT2D eigenvalue weighted by molar-refractivity contribution is -0.127. The van der Waals surface area contributed by atoms with Crippen molar-refractivity contribution in [2.75, 3.05) is 33.3 Å². The van der Waals surface area contributed by atoms with Gasteiger partial charge in [-0.25, -0.2) is 0 Å². The molecule has 0 spiro atoms. The molecule has 28 heavy (non-hydrogen) atoms. The second-order valence-corrected chi connectivity index (χ2v) is 6.99. The number of ether oxygens (including phenoxy) is 1. The summed E-state index contributed by atoms with van der Waals surface area (Å²) in [6.45, 7) is 6.33. The SMILES string of the molecule is COc1ccccc1C(C)NC(=O)C(C)N1CCN(C(=O)c2ccoc2)CC1. The molecule has 1 fully saturated rings. The van der Waals surface area contributed by atoms with E-state index in [0.717, 1.165) is 11.3 Å². The van der Waals surface area contributed by atoms with E-state index in [4.69, 9.17) is 9.15 Å². The van der Waals surface area contributed by atoms with Crippen molar-refractivity contribution in [1.29, 1.82) is 0 Å². The van der Waals surface area contributed by atoms with Crippen LogP contribution in [0.25, 0.3) is 0 Å². The van der Waals surface area contributed by atoms with Gasteiger partial charge in [-0.2, -0.15) is 0 Å². The van der Waals surface area contributed by atoms with E-state index >= 15 is 0 Å². The Bertz CT molecular complexity index is 798. The summed E-state index contributed by atoms with van der Waals surface area (Å²) in [6, 6.07) is 8.92. The van der Waals surface area contributed by atoms with E-state index in [2.05, 4.69) is 10.2 Å². The maximum atomic E-state index is 12.7. The highest BCUT2D eigenvalue weighted by Crippen LogP contribution is 2.24. The number of carbonyl (C=O) groups excluding carboxylic acids is 2. The van der Waals surface area contributed by atoms with E-state index in [9.17, 15) is 9.59 Å². The molecule has 0 aliphatic carbocycles. The fourth-order valence-corrected chi connectivity index (χ4v) is 3.48. The highest BCUT2D eigenvalue weighted by atomic mass is 16.5. The van der Waals surface area contributed by atoms with Gasteiger partial charge in [0.05, 0.1) is 31.0 Å². The van der Waals surface area contributed by atoms with Gasteiger partial charge in [0.2, 0.25) is 5.91 Å². The van der Waals surface area contributed by atoms with Gasteiger partial charge in [-0.3, -0.25) is 14.5 Å². The summed E-state index contributed by atoms with van der Waals surface area (Å²) < 4.78 is 10.4. The third-order valence-electron chi connectivity index (χ3n) is 5.26. The Kier molecular flexibility index (Phi) is 6.36. The van der Waals surface area contributed by atoms with Gasteiger partial charge in [0.15, 0.2) is 0 Å². The van der Waals surface area contributed by atoms with Crippen molar-refractivity contribution in [2.45, 2.75) is 25.9 Å². The Morgan fingerprint density at radius 3 is 2.46 bits per heavy atom. The van der Waals surface area contributed by atoms with Crippen LogP contribution in [0.5, 0.6) is 5.75 Å². The third kappa shape index (κ3) is 4.36. The van der Waals surface area contributed by atoms with Gasteiger partial charge in [-0.15, -0.1) is 0 Å². The fraction of sp³-hybridized carbons (Fsp3) is 0.429. The first-order chi connectivity index (χ1) is 13.5. The first-order valence-corrected chi connectivity index (χ1v) is 9.50. The molecule has 0 saturated carbocycles. The van der Waals surface area contributed by atoms with Crippen LogP contribution in [0.2, 0.25) is 0 Å². The molecule has 2 atom stereocenters. The molecule has 1 aromatic heterocycles. The number of para-hydroxylation sites is 1. The van der Waals surface area contributed by atoms with Crippen LogP contribution in [0.4, 0.5) is 0 Å². The van der Waals surface area contributed by atoms with Crippen LogP contribution in [0.1, 0.15) is 35.8 Å². The second-order valence-electron chi connectivity index (χ2n) is 6.99. The van der Waals surface area contributed by atoms with Gasteiger partial charge < -0.3 is 19.4 Å². The Labute approximate surface area is 165 Å². The molecule has 0 radical (unpaired) electrons. The average molecular weight is 385 g/mol. The molecular formula is C21H27N3O4. The van der Waals surface area contributed by atoms with E-state index in [-0.39, 0.29) is 23.9 Å². The first-order valence-electron chi connectivity index (χ1n) is 9.50. The molecule has 1 N–H and O–H groups in total. The monoisotopic (exact) mass is 385 g/mol. The number of nitrogens with zero attached hydrogens (tertiary/aromatic N) is 2. The van der Waals surface area contributed by atoms with Crippen molar-refractivity contribution >= 4 is 11.8 Å². The van der Waals surface area contributed by atoms with Gasteiger partial charge >= 0.3 is 0 Å². The molecular weight excluding hydrogens is 358 g/mol. The summed E-state index contributed by atoms with van der Waals surface area (Å²) >= 11 is 0. The van der Waals surface area contributed by atoms with Crippen molar-refractivity contribution < 1.29 is 18.7 Å². The highest BCUT2D eigenvalue weighted by molar-refractivity contribution is 5.93. The summed E-state index contributed by atoms with van der Waals surface area (Å²) in [5.74, 6) is 0.692. The van der Waals surface area contributed by atoms with E-state index in [0.29, 0.717) is 31.7 Å². The predicted octanol–water partition coefficient (Wildman–Crippen LogP) is 2.31. The van der Waals surface area contributed by atoms with Crippen LogP contribution in [-0.4, -0.2) is 60.9 Å². The maximum Gasteiger partial charge on any atom is 0.257 e. The molecule has 1 aromatic carbocycles. The van der Waals surface area contributed by atoms with E-state index in [1.165, 1.54) is 12.5 Å². The van der Waals surface area contributed by atoms with E-state index in [1.807, 2.05) is 38.1 Å². The molecule has 2 heterocycles. The molecule has 2 amide bonds. The van der Waals surface area contributed by atoms with Crippen LogP contribution >= 0.6 is 0 Å². The molecule has 1 saturated heterocycles. The number of carbonyl (C=O) groups is 2. The van der Waals surface area contributed by atoms with Crippen LogP contribution in [0.3, 0.4) is 0 Å². The largest absolute Gasteiger partial charge is 0.496 e. The van der Waals surface area contributed by atoms with Gasteiger partial charge in [-0.05, 0) is 26.0 Å². The van der Waals surface area contributed by atoms with Crippen molar-refractivity contribution in [1.82, 2.24) is 15.1 Å². The van der Waals surface area contributed by atoms with Gasteiger partial charge in [0, 0.05) is 31.7 Å². The number of furan rings is 1. The number of piperazine rings is 1. The number of hydrogen-bond acceptors (Lipinski definition) is 5. The third-order valence-corrected chi connectivity index (χ3v) is 5.26. The molecule has 1 aliphatic rings. The van der Waals surface area contributed by atoms with E-state index in [1.54, 1.807) is 18.1 Å². The molecule has 7 heteroatoms. The summed E-state index contributed by atoms with van der Waals surface area (Å²) in [6.07, 6.45) is 2.96. The molecule has 7 nitrogen and oxygen atoms in total. The molecule has 2 aromatic rings. The smallest absolute Gasteiger partial charge is 0.257 e. The number of nitrogens with one attached hydrogen (secondary N) is 1. The second kappa shape index (κ2) is 8.93. The molecule has 0 bridgehead atoms. The Morgan fingerprint density at radius 1 is 1.11 bits per heavy atom. The van der Waals surface area contributed by atoms with Gasteiger partial charge in [0.1, 0.15) is 12.0 Å². The summed E-state index contributed by atoms with van der Waals surface area (Å²) in [5, 5.41) is 3.07. The van der Waals surface area contributed by atoms with Crippen LogP contribution < -0.4 is 10.1 Å². The topological polar surface area (TPSA) is 75.0 Å². The normalized spacial score (nSPS) is 17.0. The Balaban J connectivity index is 1.54. The van der Waals surface area contributed by atoms with Crippen molar-refractivity contribution in [2.24, 2.45) is 0 Å². The Hall–Kier alpha value is -2.80. The minimum Gasteiger partial charge on any atom is -0.496 e. The molecule has 1 aliphatic heterocycles. The van der Waals surface area contributed by atoms with Crippen molar-refractivity contribution in [3.63, 3.8) is 0 Å². The number of amides is 2. The maximum absolute atomic E-state index is 12.7. The molecule has 3 rings (SSSR count). The lowest BCUT2D eigenvalue weighted by Crippen LogP contribution is -2.55.